The number of rotatable bonds is 3. The van der Waals surface area contributed by atoms with E-state index in [1.54, 1.807) is 12.1 Å². The normalized spacial score (nSPS) is 10.2. The molecule has 2 aromatic carbocycles. The van der Waals surface area contributed by atoms with Gasteiger partial charge in [0, 0.05) is 5.69 Å². The van der Waals surface area contributed by atoms with Crippen molar-refractivity contribution < 1.29 is 19.0 Å². The van der Waals surface area contributed by atoms with Crippen molar-refractivity contribution in [3.63, 3.8) is 0 Å². The first-order chi connectivity index (χ1) is 9.01. The van der Waals surface area contributed by atoms with Crippen LogP contribution in [0.15, 0.2) is 36.4 Å². The summed E-state index contributed by atoms with van der Waals surface area (Å²) < 4.78 is 18.5. The van der Waals surface area contributed by atoms with Crippen molar-refractivity contribution in [2.75, 3.05) is 12.8 Å². The third kappa shape index (κ3) is 2.65. The van der Waals surface area contributed by atoms with Crippen LogP contribution in [0.2, 0.25) is 0 Å². The van der Waals surface area contributed by atoms with Crippen LogP contribution in [-0.4, -0.2) is 18.2 Å². The topological polar surface area (TPSA) is 72.5 Å². The molecule has 4 nitrogen and oxygen atoms in total. The molecule has 0 aliphatic carbocycles. The average Bonchev–Trinajstić information content (AvgIpc) is 2.37. The predicted octanol–water partition coefficient (Wildman–Crippen LogP) is 2.78. The molecule has 0 bridgehead atoms. The molecule has 2 rings (SSSR count). The van der Waals surface area contributed by atoms with Gasteiger partial charge in [0.25, 0.3) is 0 Å². The molecule has 19 heavy (non-hydrogen) atoms. The Hall–Kier alpha value is -2.56. The summed E-state index contributed by atoms with van der Waals surface area (Å²) >= 11 is 0. The molecule has 98 valence electrons. The molecule has 0 fully saturated rings. The Balaban J connectivity index is 2.52. The average molecular weight is 261 g/mol. The third-order valence-corrected chi connectivity index (χ3v) is 2.69. The number of aromatic carboxylic acids is 1. The van der Waals surface area contributed by atoms with Gasteiger partial charge in [-0.3, -0.25) is 0 Å². The van der Waals surface area contributed by atoms with E-state index in [9.17, 15) is 9.18 Å². The van der Waals surface area contributed by atoms with Crippen molar-refractivity contribution in [3.8, 4) is 16.9 Å². The second-order valence-electron chi connectivity index (χ2n) is 4.00. The maximum absolute atomic E-state index is 13.6. The molecule has 0 saturated heterocycles. The summed E-state index contributed by atoms with van der Waals surface area (Å²) in [6.45, 7) is 0. The number of carboxylic acid groups (broad SMARTS) is 1. The van der Waals surface area contributed by atoms with Gasteiger partial charge in [0.1, 0.15) is 0 Å². The molecule has 0 spiro atoms. The highest BCUT2D eigenvalue weighted by Gasteiger charge is 2.09. The molecule has 5 heteroatoms. The van der Waals surface area contributed by atoms with Gasteiger partial charge in [-0.15, -0.1) is 0 Å². The predicted molar refractivity (Wildman–Crippen MR) is 69.8 cm³/mol. The van der Waals surface area contributed by atoms with Crippen molar-refractivity contribution >= 4 is 11.7 Å². The second kappa shape index (κ2) is 4.97. The summed E-state index contributed by atoms with van der Waals surface area (Å²) in [5.74, 6) is -1.46. The van der Waals surface area contributed by atoms with Crippen LogP contribution in [0.4, 0.5) is 10.1 Å². The van der Waals surface area contributed by atoms with Crippen molar-refractivity contribution in [2.24, 2.45) is 0 Å². The fraction of sp³-hybridized carbons (Fsp3) is 0.0714. The number of ether oxygens (including phenoxy) is 1. The van der Waals surface area contributed by atoms with Crippen LogP contribution in [0.1, 0.15) is 10.4 Å². The Morgan fingerprint density at radius 1 is 1.21 bits per heavy atom. The van der Waals surface area contributed by atoms with E-state index in [1.807, 2.05) is 0 Å². The lowest BCUT2D eigenvalue weighted by molar-refractivity contribution is 0.0697. The Morgan fingerprint density at radius 2 is 1.95 bits per heavy atom. The number of hydrogen-bond donors (Lipinski definition) is 2. The summed E-state index contributed by atoms with van der Waals surface area (Å²) in [4.78, 5) is 11.0. The van der Waals surface area contributed by atoms with Crippen LogP contribution in [0.25, 0.3) is 11.1 Å². The summed E-state index contributed by atoms with van der Waals surface area (Å²) in [5, 5.41) is 8.97. The van der Waals surface area contributed by atoms with Gasteiger partial charge < -0.3 is 15.6 Å². The maximum Gasteiger partial charge on any atom is 0.335 e. The minimum Gasteiger partial charge on any atom is -0.494 e. The lowest BCUT2D eigenvalue weighted by Gasteiger charge is -2.07. The highest BCUT2D eigenvalue weighted by molar-refractivity contribution is 5.91. The fourth-order valence-corrected chi connectivity index (χ4v) is 1.79. The van der Waals surface area contributed by atoms with Crippen LogP contribution >= 0.6 is 0 Å². The zero-order chi connectivity index (χ0) is 14.0. The number of benzene rings is 2. The first kappa shape index (κ1) is 12.9. The Bertz CT molecular complexity index is 641. The molecule has 0 atom stereocenters. The standard InChI is InChI=1S/C14H12FNO3/c1-19-13-3-2-8(7-12(13)15)9-4-10(14(17)18)6-11(16)5-9/h2-7H,16H2,1H3,(H,17,18). The van der Waals surface area contributed by atoms with Crippen molar-refractivity contribution in [3.05, 3.63) is 47.8 Å². The van der Waals surface area contributed by atoms with E-state index < -0.39 is 11.8 Å². The van der Waals surface area contributed by atoms with E-state index in [2.05, 4.69) is 0 Å². The zero-order valence-electron chi connectivity index (χ0n) is 10.2. The number of nitrogens with two attached hydrogens (primary N) is 1. The SMILES string of the molecule is COc1ccc(-c2cc(N)cc(C(=O)O)c2)cc1F. The van der Waals surface area contributed by atoms with Gasteiger partial charge in [-0.2, -0.15) is 0 Å². The molecule has 0 saturated carbocycles. The monoisotopic (exact) mass is 261 g/mol. The molecule has 0 unspecified atom stereocenters. The second-order valence-corrected chi connectivity index (χ2v) is 4.00. The third-order valence-electron chi connectivity index (χ3n) is 2.69. The van der Waals surface area contributed by atoms with Crippen LogP contribution in [0.3, 0.4) is 0 Å². The molecule has 0 amide bonds. The summed E-state index contributed by atoms with van der Waals surface area (Å²) in [6.07, 6.45) is 0. The van der Waals surface area contributed by atoms with E-state index >= 15 is 0 Å². The number of methoxy groups -OCH3 is 1. The van der Waals surface area contributed by atoms with Gasteiger partial charge in [-0.1, -0.05) is 6.07 Å². The quantitative estimate of drug-likeness (QED) is 0.833. The van der Waals surface area contributed by atoms with Crippen LogP contribution in [0, 0.1) is 5.82 Å². The first-order valence-electron chi connectivity index (χ1n) is 5.49. The van der Waals surface area contributed by atoms with Crippen LogP contribution in [0.5, 0.6) is 5.75 Å². The summed E-state index contributed by atoms with van der Waals surface area (Å²) in [5.41, 5.74) is 7.10. The lowest BCUT2D eigenvalue weighted by atomic mass is 10.0. The number of halogens is 1. The fourth-order valence-electron chi connectivity index (χ4n) is 1.79. The van der Waals surface area contributed by atoms with Crippen LogP contribution < -0.4 is 10.5 Å². The van der Waals surface area contributed by atoms with E-state index in [4.69, 9.17) is 15.6 Å². The van der Waals surface area contributed by atoms with Crippen molar-refractivity contribution in [1.82, 2.24) is 0 Å². The van der Waals surface area contributed by atoms with E-state index in [0.717, 1.165) is 0 Å². The Morgan fingerprint density at radius 3 is 2.53 bits per heavy atom. The Labute approximate surface area is 109 Å². The highest BCUT2D eigenvalue weighted by Crippen LogP contribution is 2.27. The smallest absolute Gasteiger partial charge is 0.335 e. The number of carbonyl (C=O) groups is 1. The molecular weight excluding hydrogens is 249 g/mol. The van der Waals surface area contributed by atoms with Gasteiger partial charge >= 0.3 is 5.97 Å². The number of nitrogen functional groups attached to an aromatic ring is 1. The number of carboxylic acids is 1. The van der Waals surface area contributed by atoms with Crippen LogP contribution in [-0.2, 0) is 0 Å². The lowest BCUT2D eigenvalue weighted by Crippen LogP contribution is -1.99. The zero-order valence-corrected chi connectivity index (χ0v) is 10.2. The molecule has 3 N–H and O–H groups in total. The van der Waals surface area contributed by atoms with Gasteiger partial charge in [-0.25, -0.2) is 9.18 Å². The summed E-state index contributed by atoms with van der Waals surface area (Å²) in [6, 6.07) is 8.79. The van der Waals surface area contributed by atoms with E-state index in [1.165, 1.54) is 31.4 Å². The van der Waals surface area contributed by atoms with E-state index in [0.29, 0.717) is 16.8 Å². The van der Waals surface area contributed by atoms with Crippen molar-refractivity contribution in [1.29, 1.82) is 0 Å². The van der Waals surface area contributed by atoms with E-state index in [-0.39, 0.29) is 11.3 Å². The molecule has 0 aromatic heterocycles. The first-order valence-corrected chi connectivity index (χ1v) is 5.49. The van der Waals surface area contributed by atoms with Gasteiger partial charge in [0.15, 0.2) is 11.6 Å². The highest BCUT2D eigenvalue weighted by atomic mass is 19.1. The molecule has 0 radical (unpaired) electrons. The van der Waals surface area contributed by atoms with Gasteiger partial charge in [0.05, 0.1) is 12.7 Å². The number of anilines is 1. The molecule has 2 aromatic rings. The minimum absolute atomic E-state index is 0.0613. The minimum atomic E-state index is -1.08. The Kier molecular flexibility index (Phi) is 3.37. The van der Waals surface area contributed by atoms with Crippen molar-refractivity contribution in [2.45, 2.75) is 0 Å². The molecular formula is C14H12FNO3. The van der Waals surface area contributed by atoms with Gasteiger partial charge in [-0.05, 0) is 41.5 Å². The molecule has 0 aliphatic heterocycles. The summed E-state index contributed by atoms with van der Waals surface area (Å²) in [7, 11) is 1.38. The van der Waals surface area contributed by atoms with Gasteiger partial charge in [0.2, 0.25) is 0 Å². The number of hydrogen-bond acceptors (Lipinski definition) is 3. The maximum atomic E-state index is 13.6. The largest absolute Gasteiger partial charge is 0.494 e. The molecule has 0 heterocycles. The molecule has 0 aliphatic rings.